The van der Waals surface area contributed by atoms with Gasteiger partial charge in [-0.1, -0.05) is 84.9 Å². The molecule has 4 heteroatoms. The Morgan fingerprint density at radius 3 is 1.93 bits per heavy atom. The summed E-state index contributed by atoms with van der Waals surface area (Å²) < 4.78 is 4.61. The smallest absolute Gasteiger partial charge is 0.235 e. The van der Waals surface area contributed by atoms with E-state index in [-0.39, 0.29) is 0 Å². The molecule has 0 amide bonds. The third-order valence-corrected chi connectivity index (χ3v) is 8.15. The minimum Gasteiger partial charge on any atom is -0.309 e. The van der Waals surface area contributed by atoms with Crippen LogP contribution < -0.4 is 0 Å². The summed E-state index contributed by atoms with van der Waals surface area (Å²) in [5.41, 5.74) is 6.67. The fraction of sp³-hybridized carbons (Fsp3) is 0. The van der Waals surface area contributed by atoms with Crippen LogP contribution in [-0.2, 0) is 0 Å². The van der Waals surface area contributed by atoms with E-state index in [9.17, 15) is 0 Å². The normalized spacial score (nSPS) is 12.0. The van der Waals surface area contributed by atoms with Crippen LogP contribution >= 0.6 is 0 Å². The van der Waals surface area contributed by atoms with Gasteiger partial charge in [-0.25, -0.2) is 9.97 Å². The number of rotatable bonds is 2. The van der Waals surface area contributed by atoms with Crippen molar-refractivity contribution in [3.8, 4) is 11.6 Å². The lowest BCUT2D eigenvalue weighted by Crippen LogP contribution is -2.00. The van der Waals surface area contributed by atoms with Gasteiger partial charge in [0, 0.05) is 38.8 Å². The first kappa shape index (κ1) is 21.5. The van der Waals surface area contributed by atoms with E-state index in [0.29, 0.717) is 5.95 Å². The van der Waals surface area contributed by atoms with Gasteiger partial charge in [0.2, 0.25) is 5.95 Å². The first-order chi connectivity index (χ1) is 19.9. The molecular formula is C36H22N4. The van der Waals surface area contributed by atoms with Crippen molar-refractivity contribution in [3.05, 3.63) is 134 Å². The first-order valence-electron chi connectivity index (χ1n) is 13.5. The summed E-state index contributed by atoms with van der Waals surface area (Å²) in [6.45, 7) is 0. The number of nitrogens with zero attached hydrogens (tertiary/aromatic N) is 4. The first-order valence-corrected chi connectivity index (χ1v) is 13.5. The number of aromatic nitrogens is 4. The van der Waals surface area contributed by atoms with Crippen LogP contribution in [0.4, 0.5) is 0 Å². The van der Waals surface area contributed by atoms with Gasteiger partial charge in [0.05, 0.1) is 27.6 Å². The van der Waals surface area contributed by atoms with Crippen LogP contribution in [0, 0.1) is 0 Å². The van der Waals surface area contributed by atoms with E-state index in [0.717, 1.165) is 27.6 Å². The Morgan fingerprint density at radius 2 is 1.05 bits per heavy atom. The molecule has 0 saturated carbocycles. The lowest BCUT2D eigenvalue weighted by Gasteiger charge is -2.08. The molecule has 0 saturated heterocycles. The molecule has 0 aliphatic rings. The molecule has 0 fully saturated rings. The van der Waals surface area contributed by atoms with E-state index in [1.54, 1.807) is 0 Å². The van der Waals surface area contributed by atoms with Gasteiger partial charge in [-0.2, -0.15) is 0 Å². The molecule has 0 radical (unpaired) electrons. The Bertz CT molecular complexity index is 2430. The standard InChI is InChI=1S/C36H22N4/c1-2-12-25(13-3-1)39-30-19-18-23-10-4-6-14-26(23)33(30)35-32(39)21-20-31-34(35)27-15-7-9-17-29(27)40(31)36-37-22-24-11-5-8-16-28(24)38-36/h1-22H. The SMILES string of the molecule is c1ccc(-n2c3ccc4ccccc4c3c3c4c5ccccc5n(-c5ncc6ccccc6n5)c4ccc32)cc1. The van der Waals surface area contributed by atoms with Crippen molar-refractivity contribution in [2.45, 2.75) is 0 Å². The Kier molecular flexibility index (Phi) is 4.30. The molecule has 9 rings (SSSR count). The second-order valence-corrected chi connectivity index (χ2v) is 10.3. The van der Waals surface area contributed by atoms with Crippen molar-refractivity contribution in [3.63, 3.8) is 0 Å². The lowest BCUT2D eigenvalue weighted by molar-refractivity contribution is 1.01. The van der Waals surface area contributed by atoms with Crippen LogP contribution in [0.15, 0.2) is 134 Å². The van der Waals surface area contributed by atoms with Crippen molar-refractivity contribution >= 4 is 65.3 Å². The Labute approximate surface area is 229 Å². The molecule has 0 bridgehead atoms. The van der Waals surface area contributed by atoms with Gasteiger partial charge in [0.25, 0.3) is 0 Å². The van der Waals surface area contributed by atoms with E-state index in [2.05, 4.69) is 118 Å². The van der Waals surface area contributed by atoms with E-state index in [4.69, 9.17) is 9.97 Å². The molecule has 3 aromatic heterocycles. The molecule has 3 heterocycles. The second-order valence-electron chi connectivity index (χ2n) is 10.3. The monoisotopic (exact) mass is 510 g/mol. The topological polar surface area (TPSA) is 35.6 Å². The number of hydrogen-bond donors (Lipinski definition) is 0. The van der Waals surface area contributed by atoms with Crippen molar-refractivity contribution in [1.29, 1.82) is 0 Å². The van der Waals surface area contributed by atoms with E-state index in [1.165, 1.54) is 43.4 Å². The average Bonchev–Trinajstić information content (AvgIpc) is 3.54. The zero-order valence-electron chi connectivity index (χ0n) is 21.5. The van der Waals surface area contributed by atoms with E-state index in [1.807, 2.05) is 24.4 Å². The highest BCUT2D eigenvalue weighted by atomic mass is 15.2. The van der Waals surface area contributed by atoms with Gasteiger partial charge in [-0.15, -0.1) is 0 Å². The Hall–Kier alpha value is -5.48. The summed E-state index contributed by atoms with van der Waals surface area (Å²) in [4.78, 5) is 9.85. The highest BCUT2D eigenvalue weighted by molar-refractivity contribution is 6.33. The molecule has 4 nitrogen and oxygen atoms in total. The van der Waals surface area contributed by atoms with Crippen LogP contribution in [-0.4, -0.2) is 19.1 Å². The third-order valence-electron chi connectivity index (χ3n) is 8.15. The predicted molar refractivity (Wildman–Crippen MR) is 166 cm³/mol. The van der Waals surface area contributed by atoms with Gasteiger partial charge in [0.15, 0.2) is 0 Å². The van der Waals surface area contributed by atoms with Gasteiger partial charge < -0.3 is 4.57 Å². The zero-order valence-corrected chi connectivity index (χ0v) is 21.5. The van der Waals surface area contributed by atoms with Crippen molar-refractivity contribution in [2.75, 3.05) is 0 Å². The van der Waals surface area contributed by atoms with Crippen LogP contribution in [0.3, 0.4) is 0 Å². The predicted octanol–water partition coefficient (Wildman–Crippen LogP) is 8.98. The molecule has 0 unspecified atom stereocenters. The Morgan fingerprint density at radius 1 is 0.425 bits per heavy atom. The van der Waals surface area contributed by atoms with Gasteiger partial charge in [-0.3, -0.25) is 4.57 Å². The number of para-hydroxylation sites is 3. The molecular weight excluding hydrogens is 488 g/mol. The van der Waals surface area contributed by atoms with Crippen molar-refractivity contribution < 1.29 is 0 Å². The summed E-state index contributed by atoms with van der Waals surface area (Å²) in [6, 6.07) is 45.1. The summed E-state index contributed by atoms with van der Waals surface area (Å²) >= 11 is 0. The molecule has 186 valence electrons. The highest BCUT2D eigenvalue weighted by Crippen LogP contribution is 2.44. The van der Waals surface area contributed by atoms with Crippen LogP contribution in [0.25, 0.3) is 76.9 Å². The van der Waals surface area contributed by atoms with Crippen LogP contribution in [0.2, 0.25) is 0 Å². The molecule has 0 aliphatic carbocycles. The third kappa shape index (κ3) is 2.85. The van der Waals surface area contributed by atoms with Crippen molar-refractivity contribution in [1.82, 2.24) is 19.1 Å². The summed E-state index contributed by atoms with van der Waals surface area (Å²) in [5.74, 6) is 0.681. The summed E-state index contributed by atoms with van der Waals surface area (Å²) in [6.07, 6.45) is 1.92. The second kappa shape index (κ2) is 8.01. The number of benzene rings is 6. The van der Waals surface area contributed by atoms with E-state index >= 15 is 0 Å². The molecule has 0 N–H and O–H groups in total. The zero-order chi connectivity index (χ0) is 26.2. The molecule has 0 spiro atoms. The molecule has 0 atom stereocenters. The van der Waals surface area contributed by atoms with Gasteiger partial charge in [0.1, 0.15) is 0 Å². The molecule has 40 heavy (non-hydrogen) atoms. The maximum Gasteiger partial charge on any atom is 0.235 e. The fourth-order valence-electron chi connectivity index (χ4n) is 6.47. The van der Waals surface area contributed by atoms with Crippen molar-refractivity contribution in [2.24, 2.45) is 0 Å². The number of hydrogen-bond acceptors (Lipinski definition) is 2. The van der Waals surface area contributed by atoms with Crippen LogP contribution in [0.5, 0.6) is 0 Å². The quantitative estimate of drug-likeness (QED) is 0.233. The van der Waals surface area contributed by atoms with Gasteiger partial charge in [-0.05, 0) is 53.2 Å². The molecule has 9 aromatic rings. The summed E-state index contributed by atoms with van der Waals surface area (Å²) in [7, 11) is 0. The summed E-state index contributed by atoms with van der Waals surface area (Å²) in [5, 5.41) is 8.47. The molecule has 6 aromatic carbocycles. The largest absolute Gasteiger partial charge is 0.309 e. The Balaban J connectivity index is 1.52. The maximum atomic E-state index is 5.01. The van der Waals surface area contributed by atoms with Gasteiger partial charge >= 0.3 is 0 Å². The minimum absolute atomic E-state index is 0.681. The van der Waals surface area contributed by atoms with E-state index < -0.39 is 0 Å². The maximum absolute atomic E-state index is 5.01. The average molecular weight is 511 g/mol. The fourth-order valence-corrected chi connectivity index (χ4v) is 6.47. The lowest BCUT2D eigenvalue weighted by atomic mass is 10.0. The minimum atomic E-state index is 0.681. The molecule has 0 aliphatic heterocycles. The van der Waals surface area contributed by atoms with Crippen LogP contribution in [0.1, 0.15) is 0 Å². The number of fused-ring (bicyclic) bond motifs is 10. The highest BCUT2D eigenvalue weighted by Gasteiger charge is 2.22.